The molecule has 0 aliphatic rings. The Morgan fingerprint density at radius 1 is 1.24 bits per heavy atom. The largest absolute Gasteiger partial charge is 0.377 e. The van der Waals surface area contributed by atoms with Gasteiger partial charge in [-0.2, -0.15) is 11.8 Å². The van der Waals surface area contributed by atoms with Crippen LogP contribution in [-0.4, -0.2) is 38.2 Å². The van der Waals surface area contributed by atoms with Gasteiger partial charge in [-0.25, -0.2) is 0 Å². The molecule has 6 heteroatoms. The smallest absolute Gasteiger partial charge is 0.191 e. The molecule has 0 aliphatic heterocycles. The fourth-order valence-corrected chi connectivity index (χ4v) is 2.06. The molecule has 21 heavy (non-hydrogen) atoms. The maximum absolute atomic E-state index is 5.50. The highest BCUT2D eigenvalue weighted by Crippen LogP contribution is 2.09. The topological polar surface area (TPSA) is 45.6 Å². The van der Waals surface area contributed by atoms with Crippen molar-refractivity contribution in [3.8, 4) is 0 Å². The fraction of sp³-hybridized carbons (Fsp3) is 0.533. The van der Waals surface area contributed by atoms with Gasteiger partial charge >= 0.3 is 0 Å². The molecule has 0 fully saturated rings. The highest BCUT2D eigenvalue weighted by molar-refractivity contribution is 14.0. The summed E-state index contributed by atoms with van der Waals surface area (Å²) in [5.74, 6) is 1.91. The van der Waals surface area contributed by atoms with Gasteiger partial charge in [-0.3, -0.25) is 4.99 Å². The quantitative estimate of drug-likeness (QED) is 0.292. The van der Waals surface area contributed by atoms with Gasteiger partial charge in [-0.05, 0) is 24.3 Å². The lowest BCUT2D eigenvalue weighted by atomic mass is 10.1. The van der Waals surface area contributed by atoms with E-state index >= 15 is 0 Å². The third kappa shape index (κ3) is 8.53. The van der Waals surface area contributed by atoms with Crippen LogP contribution in [0.3, 0.4) is 0 Å². The highest BCUT2D eigenvalue weighted by atomic mass is 127. The van der Waals surface area contributed by atoms with Gasteiger partial charge in [0.15, 0.2) is 5.96 Å². The number of hydrogen-bond acceptors (Lipinski definition) is 3. The molecule has 0 saturated carbocycles. The summed E-state index contributed by atoms with van der Waals surface area (Å²) in [6.07, 6.45) is 2.10. The second kappa shape index (κ2) is 13.2. The van der Waals surface area contributed by atoms with Crippen LogP contribution >= 0.6 is 35.7 Å². The molecule has 0 radical (unpaired) electrons. The number of halogens is 1. The molecule has 1 aromatic rings. The van der Waals surface area contributed by atoms with E-state index in [1.54, 1.807) is 7.05 Å². The third-order valence-corrected chi connectivity index (χ3v) is 3.46. The first kappa shape index (κ1) is 20.5. The molecule has 0 saturated heterocycles. The second-order valence-electron chi connectivity index (χ2n) is 4.25. The predicted molar refractivity (Wildman–Crippen MR) is 104 cm³/mol. The maximum Gasteiger partial charge on any atom is 0.191 e. The first-order valence-corrected chi connectivity index (χ1v) is 8.29. The Hall–Kier alpha value is -0.470. The van der Waals surface area contributed by atoms with E-state index in [2.05, 4.69) is 40.1 Å². The van der Waals surface area contributed by atoms with Crippen molar-refractivity contribution >= 4 is 41.7 Å². The Morgan fingerprint density at radius 3 is 2.57 bits per heavy atom. The van der Waals surface area contributed by atoms with E-state index in [0.717, 1.165) is 31.4 Å². The van der Waals surface area contributed by atoms with Crippen LogP contribution < -0.4 is 10.6 Å². The van der Waals surface area contributed by atoms with E-state index in [1.807, 2.05) is 24.8 Å². The van der Waals surface area contributed by atoms with Crippen molar-refractivity contribution in [2.75, 3.05) is 32.2 Å². The molecule has 0 bridgehead atoms. The summed E-state index contributed by atoms with van der Waals surface area (Å²) in [4.78, 5) is 4.22. The molecule has 1 rings (SSSR count). The van der Waals surface area contributed by atoms with Crippen LogP contribution in [0, 0.1) is 0 Å². The van der Waals surface area contributed by atoms with Crippen molar-refractivity contribution < 1.29 is 4.74 Å². The van der Waals surface area contributed by atoms with E-state index in [1.165, 1.54) is 11.1 Å². The Kier molecular flexibility index (Phi) is 12.9. The number of nitrogens with zero attached hydrogens (tertiary/aromatic N) is 1. The van der Waals surface area contributed by atoms with E-state index < -0.39 is 0 Å². The number of guanidine groups is 1. The molecule has 1 aromatic carbocycles. The Bertz CT molecular complexity index is 416. The number of ether oxygens (including phenoxy) is 1. The second-order valence-corrected chi connectivity index (χ2v) is 5.24. The lowest BCUT2D eigenvalue weighted by Gasteiger charge is -2.14. The zero-order chi connectivity index (χ0) is 14.6. The minimum atomic E-state index is 0. The number of hydrogen-bond donors (Lipinski definition) is 2. The average molecular weight is 423 g/mol. The SMILES string of the molecule is CCOCc1ccccc1CNC(=NC)NCCSC.I. The van der Waals surface area contributed by atoms with Gasteiger partial charge in [0.1, 0.15) is 0 Å². The van der Waals surface area contributed by atoms with Crippen LogP contribution in [0.2, 0.25) is 0 Å². The molecular weight excluding hydrogens is 397 g/mol. The van der Waals surface area contributed by atoms with Gasteiger partial charge in [0.25, 0.3) is 0 Å². The molecule has 0 atom stereocenters. The van der Waals surface area contributed by atoms with Crippen LogP contribution in [0.5, 0.6) is 0 Å². The zero-order valence-corrected chi connectivity index (χ0v) is 16.2. The molecule has 0 unspecified atom stereocenters. The average Bonchev–Trinajstić information content (AvgIpc) is 2.49. The number of thioether (sulfide) groups is 1. The Morgan fingerprint density at radius 2 is 1.95 bits per heavy atom. The predicted octanol–water partition coefficient (Wildman–Crippen LogP) is 2.87. The van der Waals surface area contributed by atoms with E-state index in [9.17, 15) is 0 Å². The molecule has 2 N–H and O–H groups in total. The van der Waals surface area contributed by atoms with Gasteiger partial charge in [0, 0.05) is 32.5 Å². The summed E-state index contributed by atoms with van der Waals surface area (Å²) in [7, 11) is 1.79. The van der Waals surface area contributed by atoms with Crippen LogP contribution in [0.1, 0.15) is 18.1 Å². The number of rotatable bonds is 8. The molecule has 4 nitrogen and oxygen atoms in total. The molecule has 0 spiro atoms. The van der Waals surface area contributed by atoms with Crippen molar-refractivity contribution in [2.45, 2.75) is 20.1 Å². The van der Waals surface area contributed by atoms with Gasteiger partial charge in [-0.15, -0.1) is 24.0 Å². The van der Waals surface area contributed by atoms with E-state index in [-0.39, 0.29) is 24.0 Å². The molecule has 0 aromatic heterocycles. The van der Waals surface area contributed by atoms with Crippen molar-refractivity contribution in [3.63, 3.8) is 0 Å². The van der Waals surface area contributed by atoms with Gasteiger partial charge in [-0.1, -0.05) is 24.3 Å². The summed E-state index contributed by atoms with van der Waals surface area (Å²) in [5, 5.41) is 6.63. The van der Waals surface area contributed by atoms with Crippen molar-refractivity contribution in [2.24, 2.45) is 4.99 Å². The summed E-state index contributed by atoms with van der Waals surface area (Å²) in [6.45, 7) is 5.08. The van der Waals surface area contributed by atoms with Crippen molar-refractivity contribution in [1.29, 1.82) is 0 Å². The van der Waals surface area contributed by atoms with Gasteiger partial charge < -0.3 is 15.4 Å². The molecular formula is C15H26IN3OS. The van der Waals surface area contributed by atoms with Crippen LogP contribution in [0.25, 0.3) is 0 Å². The van der Waals surface area contributed by atoms with Crippen LogP contribution in [-0.2, 0) is 17.9 Å². The van der Waals surface area contributed by atoms with Crippen molar-refractivity contribution in [3.05, 3.63) is 35.4 Å². The minimum Gasteiger partial charge on any atom is -0.377 e. The van der Waals surface area contributed by atoms with Gasteiger partial charge in [0.05, 0.1) is 6.61 Å². The monoisotopic (exact) mass is 423 g/mol. The van der Waals surface area contributed by atoms with Gasteiger partial charge in [0.2, 0.25) is 0 Å². The third-order valence-electron chi connectivity index (χ3n) is 2.85. The fourth-order valence-electron chi connectivity index (χ4n) is 1.75. The summed E-state index contributed by atoms with van der Waals surface area (Å²) >= 11 is 1.82. The Labute approximate surface area is 149 Å². The molecule has 0 heterocycles. The first-order chi connectivity index (χ1) is 9.81. The molecule has 120 valence electrons. The Balaban J connectivity index is 0.00000400. The summed E-state index contributed by atoms with van der Waals surface area (Å²) in [5.41, 5.74) is 2.47. The minimum absolute atomic E-state index is 0. The summed E-state index contributed by atoms with van der Waals surface area (Å²) < 4.78 is 5.50. The van der Waals surface area contributed by atoms with Crippen molar-refractivity contribution in [1.82, 2.24) is 10.6 Å². The summed E-state index contributed by atoms with van der Waals surface area (Å²) in [6, 6.07) is 8.33. The van der Waals surface area contributed by atoms with Crippen LogP contribution in [0.15, 0.2) is 29.3 Å². The number of nitrogens with one attached hydrogen (secondary N) is 2. The standard InChI is InChI=1S/C15H25N3OS.HI/c1-4-19-12-14-8-6-5-7-13(14)11-18-15(16-2)17-9-10-20-3;/h5-8H,4,9-12H2,1-3H3,(H2,16,17,18);1H. The lowest BCUT2D eigenvalue weighted by Crippen LogP contribution is -2.38. The zero-order valence-electron chi connectivity index (χ0n) is 13.0. The lowest BCUT2D eigenvalue weighted by molar-refractivity contribution is 0.133. The first-order valence-electron chi connectivity index (χ1n) is 6.89. The highest BCUT2D eigenvalue weighted by Gasteiger charge is 2.03. The number of benzene rings is 1. The molecule has 0 aliphatic carbocycles. The maximum atomic E-state index is 5.50. The van der Waals surface area contributed by atoms with Crippen LogP contribution in [0.4, 0.5) is 0 Å². The van der Waals surface area contributed by atoms with E-state index in [4.69, 9.17) is 4.74 Å². The van der Waals surface area contributed by atoms with E-state index in [0.29, 0.717) is 6.61 Å². The number of aliphatic imine (C=N–C) groups is 1. The molecule has 0 amide bonds. The normalized spacial score (nSPS) is 10.9.